The highest BCUT2D eigenvalue weighted by Crippen LogP contribution is 2.13. The van der Waals surface area contributed by atoms with E-state index in [-0.39, 0.29) is 17.2 Å². The van der Waals surface area contributed by atoms with Gasteiger partial charge >= 0.3 is 0 Å². The predicted molar refractivity (Wildman–Crippen MR) is 82.5 cm³/mol. The second kappa shape index (κ2) is 7.38. The maximum atomic E-state index is 11.9. The van der Waals surface area contributed by atoms with E-state index < -0.39 is 0 Å². The fourth-order valence-electron chi connectivity index (χ4n) is 2.00. The highest BCUT2D eigenvalue weighted by molar-refractivity contribution is 6.02. The van der Waals surface area contributed by atoms with Crippen LogP contribution < -0.4 is 10.9 Å². The summed E-state index contributed by atoms with van der Waals surface area (Å²) in [6.07, 6.45) is 4.68. The molecule has 1 amide bonds. The fraction of sp³-hybridized carbons (Fsp3) is 0.312. The number of carbonyl (C=O) groups excluding carboxylic acids is 1. The van der Waals surface area contributed by atoms with Crippen molar-refractivity contribution in [3.05, 3.63) is 58.0 Å². The van der Waals surface area contributed by atoms with Crippen LogP contribution in [0.1, 0.15) is 42.2 Å². The zero-order valence-electron chi connectivity index (χ0n) is 12.1. The summed E-state index contributed by atoms with van der Waals surface area (Å²) in [6.45, 7) is 2.18. The number of carbonyl (C=O) groups is 1. The van der Waals surface area contributed by atoms with Gasteiger partial charge in [0.2, 0.25) is 0 Å². The van der Waals surface area contributed by atoms with Gasteiger partial charge in [0.05, 0.1) is 0 Å². The fourth-order valence-corrected chi connectivity index (χ4v) is 2.00. The highest BCUT2D eigenvalue weighted by Gasteiger charge is 2.07. The first-order valence-electron chi connectivity index (χ1n) is 7.15. The summed E-state index contributed by atoms with van der Waals surface area (Å²) in [7, 11) is 0. The molecule has 1 aromatic heterocycles. The van der Waals surface area contributed by atoms with Crippen LogP contribution in [0.4, 0.5) is 5.69 Å². The second-order valence-corrected chi connectivity index (χ2v) is 4.91. The van der Waals surface area contributed by atoms with Crippen LogP contribution in [0.2, 0.25) is 0 Å². The Morgan fingerprint density at radius 3 is 2.52 bits per heavy atom. The summed E-state index contributed by atoms with van der Waals surface area (Å²) in [6, 6.07) is 10.5. The zero-order chi connectivity index (χ0) is 15.1. The SMILES string of the molecule is CCCCCc1ccc(NC(=O)c2ccc(=O)[nH]n2)cc1. The van der Waals surface area contributed by atoms with Crippen molar-refractivity contribution in [3.63, 3.8) is 0 Å². The van der Waals surface area contributed by atoms with Crippen LogP contribution in [0.5, 0.6) is 0 Å². The maximum Gasteiger partial charge on any atom is 0.276 e. The first-order valence-corrected chi connectivity index (χ1v) is 7.15. The Hall–Kier alpha value is -2.43. The largest absolute Gasteiger partial charge is 0.321 e. The average molecular weight is 285 g/mol. The van der Waals surface area contributed by atoms with Gasteiger partial charge in [-0.2, -0.15) is 5.10 Å². The van der Waals surface area contributed by atoms with Crippen molar-refractivity contribution in [1.29, 1.82) is 0 Å². The normalized spacial score (nSPS) is 10.3. The van der Waals surface area contributed by atoms with Crippen molar-refractivity contribution < 1.29 is 4.79 Å². The van der Waals surface area contributed by atoms with Crippen molar-refractivity contribution in [1.82, 2.24) is 10.2 Å². The van der Waals surface area contributed by atoms with Gasteiger partial charge in [-0.25, -0.2) is 5.10 Å². The lowest BCUT2D eigenvalue weighted by molar-refractivity contribution is 0.102. The molecule has 0 aliphatic rings. The number of rotatable bonds is 6. The average Bonchev–Trinajstić information content (AvgIpc) is 2.50. The Balaban J connectivity index is 1.95. The van der Waals surface area contributed by atoms with Crippen LogP contribution in [0.25, 0.3) is 0 Å². The maximum absolute atomic E-state index is 11.9. The monoisotopic (exact) mass is 285 g/mol. The summed E-state index contributed by atoms with van der Waals surface area (Å²) in [5, 5.41) is 8.68. The molecule has 0 aliphatic heterocycles. The van der Waals surface area contributed by atoms with Gasteiger partial charge in [0, 0.05) is 11.8 Å². The van der Waals surface area contributed by atoms with Crippen LogP contribution in [0, 0.1) is 0 Å². The van der Waals surface area contributed by atoms with Crippen molar-refractivity contribution in [3.8, 4) is 0 Å². The highest BCUT2D eigenvalue weighted by atomic mass is 16.2. The van der Waals surface area contributed by atoms with Crippen molar-refractivity contribution in [2.75, 3.05) is 5.32 Å². The number of nitrogens with one attached hydrogen (secondary N) is 2. The van der Waals surface area contributed by atoms with E-state index in [1.54, 1.807) is 0 Å². The number of aryl methyl sites for hydroxylation is 1. The first-order chi connectivity index (χ1) is 10.2. The lowest BCUT2D eigenvalue weighted by Crippen LogP contribution is -2.17. The first kappa shape index (κ1) is 15.0. The molecule has 1 aromatic carbocycles. The third-order valence-electron chi connectivity index (χ3n) is 3.19. The molecular weight excluding hydrogens is 266 g/mol. The van der Waals surface area contributed by atoms with Crippen molar-refractivity contribution in [2.45, 2.75) is 32.6 Å². The molecule has 0 atom stereocenters. The summed E-state index contributed by atoms with van der Waals surface area (Å²) >= 11 is 0. The van der Waals surface area contributed by atoms with Gasteiger partial charge in [0.15, 0.2) is 0 Å². The topological polar surface area (TPSA) is 74.8 Å². The number of hydrogen-bond acceptors (Lipinski definition) is 3. The summed E-state index contributed by atoms with van der Waals surface area (Å²) < 4.78 is 0. The smallest absolute Gasteiger partial charge is 0.276 e. The molecule has 0 spiro atoms. The molecule has 1 heterocycles. The number of nitrogens with zero attached hydrogens (tertiary/aromatic N) is 1. The third-order valence-corrected chi connectivity index (χ3v) is 3.19. The van der Waals surface area contributed by atoms with E-state index in [4.69, 9.17) is 0 Å². The molecular formula is C16H19N3O2. The standard InChI is InChI=1S/C16H19N3O2/c1-2-3-4-5-12-6-8-13(9-7-12)17-16(21)14-10-11-15(20)19-18-14/h6-11H,2-5H2,1H3,(H,17,21)(H,19,20). The van der Waals surface area contributed by atoms with E-state index in [0.29, 0.717) is 5.69 Å². The Labute approximate surface area is 123 Å². The van der Waals surface area contributed by atoms with E-state index in [9.17, 15) is 9.59 Å². The Kier molecular flexibility index (Phi) is 5.26. The number of H-pyrrole nitrogens is 1. The predicted octanol–water partition coefficient (Wildman–Crippen LogP) is 2.75. The molecule has 2 N–H and O–H groups in total. The number of aromatic amines is 1. The molecule has 5 heteroatoms. The molecule has 2 aromatic rings. The molecule has 0 radical (unpaired) electrons. The zero-order valence-corrected chi connectivity index (χ0v) is 12.1. The lowest BCUT2D eigenvalue weighted by Gasteiger charge is -2.06. The molecule has 0 bridgehead atoms. The van der Waals surface area contributed by atoms with Crippen LogP contribution >= 0.6 is 0 Å². The van der Waals surface area contributed by atoms with Crippen LogP contribution in [-0.2, 0) is 6.42 Å². The van der Waals surface area contributed by atoms with Gasteiger partial charge in [-0.1, -0.05) is 31.9 Å². The van der Waals surface area contributed by atoms with Crippen molar-refractivity contribution >= 4 is 11.6 Å². The minimum absolute atomic E-state index is 0.182. The molecule has 110 valence electrons. The number of amides is 1. The molecule has 5 nitrogen and oxygen atoms in total. The van der Waals surface area contributed by atoms with E-state index in [1.165, 1.54) is 37.0 Å². The van der Waals surface area contributed by atoms with E-state index in [0.717, 1.165) is 6.42 Å². The number of benzene rings is 1. The number of aromatic nitrogens is 2. The number of anilines is 1. The summed E-state index contributed by atoms with van der Waals surface area (Å²) in [5.41, 5.74) is 1.83. The van der Waals surface area contributed by atoms with Gasteiger partial charge in [0.25, 0.3) is 11.5 Å². The van der Waals surface area contributed by atoms with Gasteiger partial charge < -0.3 is 5.32 Å². The minimum atomic E-state index is -0.343. The minimum Gasteiger partial charge on any atom is -0.321 e. The quantitative estimate of drug-likeness (QED) is 0.801. The second-order valence-electron chi connectivity index (χ2n) is 4.91. The van der Waals surface area contributed by atoms with Gasteiger partial charge in [-0.05, 0) is 36.6 Å². The molecule has 21 heavy (non-hydrogen) atoms. The Morgan fingerprint density at radius 1 is 1.14 bits per heavy atom. The van der Waals surface area contributed by atoms with Crippen LogP contribution in [0.3, 0.4) is 0 Å². The van der Waals surface area contributed by atoms with Crippen molar-refractivity contribution in [2.24, 2.45) is 0 Å². The summed E-state index contributed by atoms with van der Waals surface area (Å²) in [4.78, 5) is 22.8. The van der Waals surface area contributed by atoms with E-state index in [2.05, 4.69) is 22.4 Å². The lowest BCUT2D eigenvalue weighted by atomic mass is 10.1. The van der Waals surface area contributed by atoms with Gasteiger partial charge in [-0.15, -0.1) is 0 Å². The molecule has 0 saturated carbocycles. The Bertz CT molecular complexity index is 627. The van der Waals surface area contributed by atoms with Gasteiger partial charge in [0.1, 0.15) is 5.69 Å². The molecule has 0 saturated heterocycles. The molecule has 0 unspecified atom stereocenters. The Morgan fingerprint density at radius 2 is 1.90 bits per heavy atom. The third kappa shape index (κ3) is 4.56. The summed E-state index contributed by atoms with van der Waals surface area (Å²) in [5.74, 6) is -0.343. The molecule has 0 aliphatic carbocycles. The molecule has 0 fully saturated rings. The van der Waals surface area contributed by atoms with Gasteiger partial charge in [-0.3, -0.25) is 9.59 Å². The van der Waals surface area contributed by atoms with E-state index >= 15 is 0 Å². The van der Waals surface area contributed by atoms with E-state index in [1.807, 2.05) is 24.3 Å². The molecule has 2 rings (SSSR count). The number of hydrogen-bond donors (Lipinski definition) is 2. The number of unbranched alkanes of at least 4 members (excludes halogenated alkanes) is 2. The van der Waals surface area contributed by atoms with Crippen LogP contribution in [0.15, 0.2) is 41.2 Å². The van der Waals surface area contributed by atoms with Crippen LogP contribution in [-0.4, -0.2) is 16.1 Å².